The molecule has 6 heteroatoms. The summed E-state index contributed by atoms with van der Waals surface area (Å²) >= 11 is 0. The third-order valence-corrected chi connectivity index (χ3v) is 6.24. The predicted octanol–water partition coefficient (Wildman–Crippen LogP) is 3.83. The van der Waals surface area contributed by atoms with E-state index in [1.807, 2.05) is 60.5 Å². The molecule has 0 N–H and O–H groups in total. The Morgan fingerprint density at radius 1 is 1.03 bits per heavy atom. The van der Waals surface area contributed by atoms with Crippen LogP contribution in [0.4, 0.5) is 5.69 Å². The van der Waals surface area contributed by atoms with E-state index in [1.54, 1.807) is 4.90 Å². The van der Waals surface area contributed by atoms with E-state index in [0.717, 1.165) is 62.4 Å². The standard InChI is InChI=1S/C24H29N3O2.ClH/c1-25(21-8-3-2-4-9-21)23(28)13-16-26-14-11-19(12-15-26)17-27-18-20-7-5-6-10-22(20)24(27)29;/h2-10,19H,11-18H2,1H3;1H. The van der Waals surface area contributed by atoms with Gasteiger partial charge in [-0.15, -0.1) is 12.4 Å². The second-order valence-corrected chi connectivity index (χ2v) is 8.17. The maximum Gasteiger partial charge on any atom is 0.254 e. The molecule has 0 saturated carbocycles. The molecule has 2 aromatic rings. The lowest BCUT2D eigenvalue weighted by molar-refractivity contribution is -0.118. The Morgan fingerprint density at radius 3 is 2.40 bits per heavy atom. The molecule has 2 aliphatic rings. The zero-order valence-electron chi connectivity index (χ0n) is 17.5. The summed E-state index contributed by atoms with van der Waals surface area (Å²) in [5.41, 5.74) is 2.95. The number of carbonyl (C=O) groups excluding carboxylic acids is 2. The van der Waals surface area contributed by atoms with Gasteiger partial charge < -0.3 is 14.7 Å². The minimum absolute atomic E-state index is 0. The number of hydrogen-bond donors (Lipinski definition) is 0. The summed E-state index contributed by atoms with van der Waals surface area (Å²) in [7, 11) is 1.84. The van der Waals surface area contributed by atoms with Gasteiger partial charge in [0.05, 0.1) is 0 Å². The van der Waals surface area contributed by atoms with Gasteiger partial charge in [0, 0.05) is 44.4 Å². The second-order valence-electron chi connectivity index (χ2n) is 8.17. The highest BCUT2D eigenvalue weighted by Crippen LogP contribution is 2.26. The fourth-order valence-corrected chi connectivity index (χ4v) is 4.38. The van der Waals surface area contributed by atoms with E-state index in [2.05, 4.69) is 11.0 Å². The van der Waals surface area contributed by atoms with Gasteiger partial charge in [-0.1, -0.05) is 36.4 Å². The molecule has 2 heterocycles. The van der Waals surface area contributed by atoms with Crippen molar-refractivity contribution in [1.29, 1.82) is 0 Å². The molecule has 2 aliphatic heterocycles. The Bertz CT molecular complexity index is 866. The molecule has 2 amide bonds. The minimum Gasteiger partial charge on any atom is -0.334 e. The third-order valence-electron chi connectivity index (χ3n) is 6.24. The van der Waals surface area contributed by atoms with Crippen LogP contribution in [0.15, 0.2) is 54.6 Å². The van der Waals surface area contributed by atoms with Gasteiger partial charge in [-0.3, -0.25) is 9.59 Å². The first-order chi connectivity index (χ1) is 14.1. The average molecular weight is 428 g/mol. The zero-order chi connectivity index (χ0) is 20.2. The van der Waals surface area contributed by atoms with E-state index in [-0.39, 0.29) is 24.2 Å². The van der Waals surface area contributed by atoms with E-state index in [9.17, 15) is 9.59 Å². The summed E-state index contributed by atoms with van der Waals surface area (Å²) in [4.78, 5) is 31.2. The van der Waals surface area contributed by atoms with Crippen molar-refractivity contribution in [3.8, 4) is 0 Å². The highest BCUT2D eigenvalue weighted by molar-refractivity contribution is 5.98. The molecule has 4 rings (SSSR count). The van der Waals surface area contributed by atoms with Gasteiger partial charge in [-0.25, -0.2) is 0 Å². The summed E-state index contributed by atoms with van der Waals surface area (Å²) in [6.45, 7) is 4.40. The van der Waals surface area contributed by atoms with Crippen molar-refractivity contribution in [2.45, 2.75) is 25.8 Å². The molecule has 0 bridgehead atoms. The van der Waals surface area contributed by atoms with Gasteiger partial charge in [0.15, 0.2) is 0 Å². The van der Waals surface area contributed by atoms with E-state index >= 15 is 0 Å². The van der Waals surface area contributed by atoms with Crippen molar-refractivity contribution in [2.75, 3.05) is 38.1 Å². The number of amides is 2. The van der Waals surface area contributed by atoms with Crippen LogP contribution >= 0.6 is 12.4 Å². The quantitative estimate of drug-likeness (QED) is 0.703. The van der Waals surface area contributed by atoms with Gasteiger partial charge in [-0.2, -0.15) is 0 Å². The summed E-state index contributed by atoms with van der Waals surface area (Å²) in [6, 6.07) is 17.7. The van der Waals surface area contributed by atoms with Gasteiger partial charge in [-0.05, 0) is 55.6 Å². The molecule has 0 atom stereocenters. The van der Waals surface area contributed by atoms with Crippen LogP contribution in [0.3, 0.4) is 0 Å². The summed E-state index contributed by atoms with van der Waals surface area (Å²) in [5.74, 6) is 0.878. The van der Waals surface area contributed by atoms with Gasteiger partial charge in [0.1, 0.15) is 0 Å². The Hall–Kier alpha value is -2.37. The number of benzene rings is 2. The first kappa shape index (κ1) is 22.3. The number of hydrogen-bond acceptors (Lipinski definition) is 3. The molecule has 2 aromatic carbocycles. The minimum atomic E-state index is 0. The number of para-hydroxylation sites is 1. The van der Waals surface area contributed by atoms with Crippen molar-refractivity contribution in [3.05, 3.63) is 65.7 Å². The van der Waals surface area contributed by atoms with Crippen LogP contribution in [0.25, 0.3) is 0 Å². The maximum absolute atomic E-state index is 12.6. The van der Waals surface area contributed by atoms with E-state index in [4.69, 9.17) is 0 Å². The SMILES string of the molecule is CN(C(=O)CCN1CCC(CN2Cc3ccccc3C2=O)CC1)c1ccccc1.Cl. The van der Waals surface area contributed by atoms with Gasteiger partial charge in [0.25, 0.3) is 5.91 Å². The number of piperidine rings is 1. The lowest BCUT2D eigenvalue weighted by Crippen LogP contribution is -2.40. The molecule has 1 fully saturated rings. The average Bonchev–Trinajstić information content (AvgIpc) is 3.08. The van der Waals surface area contributed by atoms with Crippen LogP contribution in [0, 0.1) is 5.92 Å². The number of rotatable bonds is 6. The normalized spacial score (nSPS) is 16.8. The van der Waals surface area contributed by atoms with Crippen LogP contribution in [0.2, 0.25) is 0 Å². The Labute approximate surface area is 185 Å². The lowest BCUT2D eigenvalue weighted by atomic mass is 9.96. The van der Waals surface area contributed by atoms with Crippen LogP contribution in [0.1, 0.15) is 35.2 Å². The zero-order valence-corrected chi connectivity index (χ0v) is 18.3. The number of fused-ring (bicyclic) bond motifs is 1. The van der Waals surface area contributed by atoms with Crippen LogP contribution in [0.5, 0.6) is 0 Å². The molecule has 160 valence electrons. The molecule has 1 saturated heterocycles. The largest absolute Gasteiger partial charge is 0.334 e. The smallest absolute Gasteiger partial charge is 0.254 e. The second kappa shape index (κ2) is 10.1. The number of halogens is 1. The molecular weight excluding hydrogens is 398 g/mol. The number of likely N-dealkylation sites (tertiary alicyclic amines) is 1. The highest BCUT2D eigenvalue weighted by Gasteiger charge is 2.30. The van der Waals surface area contributed by atoms with Gasteiger partial charge in [0.2, 0.25) is 5.91 Å². The van der Waals surface area contributed by atoms with Crippen LogP contribution in [-0.2, 0) is 11.3 Å². The molecule has 0 unspecified atom stereocenters. The van der Waals surface area contributed by atoms with Crippen molar-refractivity contribution < 1.29 is 9.59 Å². The first-order valence-electron chi connectivity index (χ1n) is 10.5. The molecule has 0 radical (unpaired) electrons. The Kier molecular flexibility index (Phi) is 7.51. The molecule has 0 spiro atoms. The number of carbonyl (C=O) groups is 2. The predicted molar refractivity (Wildman–Crippen MR) is 122 cm³/mol. The Morgan fingerprint density at radius 2 is 1.70 bits per heavy atom. The highest BCUT2D eigenvalue weighted by atomic mass is 35.5. The van der Waals surface area contributed by atoms with E-state index in [1.165, 1.54) is 0 Å². The number of nitrogens with zero attached hydrogens (tertiary/aromatic N) is 3. The fourth-order valence-electron chi connectivity index (χ4n) is 4.38. The van der Waals surface area contributed by atoms with Crippen LogP contribution < -0.4 is 4.90 Å². The van der Waals surface area contributed by atoms with Crippen LogP contribution in [-0.4, -0.2) is 54.8 Å². The van der Waals surface area contributed by atoms with E-state index in [0.29, 0.717) is 12.3 Å². The summed E-state index contributed by atoms with van der Waals surface area (Å²) < 4.78 is 0. The lowest BCUT2D eigenvalue weighted by Gasteiger charge is -2.34. The van der Waals surface area contributed by atoms with Crippen molar-refractivity contribution in [3.63, 3.8) is 0 Å². The molecule has 5 nitrogen and oxygen atoms in total. The third kappa shape index (κ3) is 5.02. The topological polar surface area (TPSA) is 43.9 Å². The Balaban J connectivity index is 0.00000256. The maximum atomic E-state index is 12.6. The van der Waals surface area contributed by atoms with Crippen molar-refractivity contribution in [1.82, 2.24) is 9.80 Å². The van der Waals surface area contributed by atoms with Crippen molar-refractivity contribution in [2.24, 2.45) is 5.92 Å². The fraction of sp³-hybridized carbons (Fsp3) is 0.417. The monoisotopic (exact) mass is 427 g/mol. The molecule has 30 heavy (non-hydrogen) atoms. The van der Waals surface area contributed by atoms with Crippen molar-refractivity contribution >= 4 is 29.9 Å². The summed E-state index contributed by atoms with van der Waals surface area (Å²) in [5, 5.41) is 0. The molecule has 0 aliphatic carbocycles. The van der Waals surface area contributed by atoms with Gasteiger partial charge >= 0.3 is 0 Å². The van der Waals surface area contributed by atoms with E-state index < -0.39 is 0 Å². The molecule has 0 aromatic heterocycles. The first-order valence-corrected chi connectivity index (χ1v) is 10.5. The summed E-state index contributed by atoms with van der Waals surface area (Å²) in [6.07, 6.45) is 2.71. The molecular formula is C24H30ClN3O2. The number of anilines is 1.